The van der Waals surface area contributed by atoms with E-state index in [1.165, 1.54) is 44.4 Å². The Morgan fingerprint density at radius 2 is 1.68 bits per heavy atom. The summed E-state index contributed by atoms with van der Waals surface area (Å²) in [5, 5.41) is 3.15. The number of carbonyl (C=O) groups excluding carboxylic acids is 2. The summed E-state index contributed by atoms with van der Waals surface area (Å²) in [6.07, 6.45) is 0.989. The summed E-state index contributed by atoms with van der Waals surface area (Å²) in [6.45, 7) is 1.01. The van der Waals surface area contributed by atoms with E-state index in [0.29, 0.717) is 27.1 Å². The molecule has 2 rings (SSSR count). The smallest absolute Gasteiger partial charge is 0.244 e. The second-order valence-electron chi connectivity index (χ2n) is 7.37. The Bertz CT molecular complexity index is 1160. The van der Waals surface area contributed by atoms with E-state index in [2.05, 4.69) is 5.32 Å². The highest BCUT2D eigenvalue weighted by molar-refractivity contribution is 7.92. The van der Waals surface area contributed by atoms with Crippen molar-refractivity contribution in [1.29, 1.82) is 0 Å². The van der Waals surface area contributed by atoms with Crippen molar-refractivity contribution >= 4 is 50.7 Å². The quantitative estimate of drug-likeness (QED) is 0.505. The van der Waals surface area contributed by atoms with Crippen LogP contribution in [0.3, 0.4) is 0 Å². The maximum Gasteiger partial charge on any atom is 0.244 e. The number of carbonyl (C=O) groups is 2. The average molecular weight is 532 g/mol. The molecule has 1 N–H and O–H groups in total. The van der Waals surface area contributed by atoms with Crippen LogP contribution in [0.5, 0.6) is 11.5 Å². The van der Waals surface area contributed by atoms with Crippen molar-refractivity contribution in [3.63, 3.8) is 0 Å². The lowest BCUT2D eigenvalue weighted by Gasteiger charge is -2.31. The van der Waals surface area contributed by atoms with Gasteiger partial charge in [-0.25, -0.2) is 8.42 Å². The maximum atomic E-state index is 13.4. The number of nitrogens with one attached hydrogen (secondary N) is 1. The standard InChI is InChI=1S/C22H27Cl2N3O6S/c1-14(22(29)25-2)26(12-15-6-8-17(23)18(24)10-15)21(28)13-27(34(5,30)31)16-7-9-19(32-3)20(11-16)33-4/h6-11,14H,12-13H2,1-5H3,(H,25,29)/t14-/m0/s1. The van der Waals surface area contributed by atoms with Crippen molar-refractivity contribution in [2.45, 2.75) is 19.5 Å². The number of amides is 2. The normalized spacial score (nSPS) is 12.0. The largest absolute Gasteiger partial charge is 0.493 e. The van der Waals surface area contributed by atoms with Gasteiger partial charge in [0.25, 0.3) is 0 Å². The highest BCUT2D eigenvalue weighted by Crippen LogP contribution is 2.32. The molecule has 1 atom stereocenters. The molecule has 0 saturated heterocycles. The second-order valence-corrected chi connectivity index (χ2v) is 10.1. The minimum Gasteiger partial charge on any atom is -0.493 e. The molecule has 0 saturated carbocycles. The molecular weight excluding hydrogens is 505 g/mol. The van der Waals surface area contributed by atoms with Gasteiger partial charge in [0.05, 0.1) is 36.2 Å². The van der Waals surface area contributed by atoms with Gasteiger partial charge >= 0.3 is 0 Å². The van der Waals surface area contributed by atoms with Crippen molar-refractivity contribution in [1.82, 2.24) is 10.2 Å². The number of likely N-dealkylation sites (N-methyl/N-ethyl adjacent to an activating group) is 1. The number of rotatable bonds is 10. The molecule has 0 fully saturated rings. The molecule has 9 nitrogen and oxygen atoms in total. The second kappa shape index (κ2) is 11.6. The van der Waals surface area contributed by atoms with Gasteiger partial charge in [-0.15, -0.1) is 0 Å². The topological polar surface area (TPSA) is 105 Å². The van der Waals surface area contributed by atoms with Crippen LogP contribution in [0.25, 0.3) is 0 Å². The molecule has 0 radical (unpaired) electrons. The Morgan fingerprint density at radius 3 is 2.21 bits per heavy atom. The first kappa shape index (κ1) is 27.6. The molecule has 2 amide bonds. The fourth-order valence-corrected chi connectivity index (χ4v) is 4.38. The van der Waals surface area contributed by atoms with Gasteiger partial charge in [-0.05, 0) is 36.8 Å². The first-order valence-electron chi connectivity index (χ1n) is 10.1. The first-order valence-corrected chi connectivity index (χ1v) is 12.7. The van der Waals surface area contributed by atoms with E-state index in [4.69, 9.17) is 32.7 Å². The Balaban J connectivity index is 2.44. The molecule has 0 aliphatic carbocycles. The molecule has 0 aromatic heterocycles. The number of benzene rings is 2. The van der Waals surface area contributed by atoms with Crippen molar-refractivity contribution < 1.29 is 27.5 Å². The minimum atomic E-state index is -3.88. The maximum absolute atomic E-state index is 13.4. The molecular formula is C22H27Cl2N3O6S. The van der Waals surface area contributed by atoms with Crippen molar-refractivity contribution in [3.05, 3.63) is 52.0 Å². The van der Waals surface area contributed by atoms with Crippen LogP contribution in [-0.4, -0.2) is 65.2 Å². The number of ether oxygens (including phenoxy) is 2. The van der Waals surface area contributed by atoms with Crippen molar-refractivity contribution in [3.8, 4) is 11.5 Å². The Morgan fingerprint density at radius 1 is 1.03 bits per heavy atom. The third-order valence-electron chi connectivity index (χ3n) is 5.08. The van der Waals surface area contributed by atoms with Gasteiger partial charge in [0, 0.05) is 19.7 Å². The van der Waals surface area contributed by atoms with E-state index in [0.717, 1.165) is 10.6 Å². The SMILES string of the molecule is CNC(=O)[C@H](C)N(Cc1ccc(Cl)c(Cl)c1)C(=O)CN(c1ccc(OC)c(OC)c1)S(C)(=O)=O. The van der Waals surface area contributed by atoms with Gasteiger partial charge in [-0.2, -0.15) is 0 Å². The van der Waals surface area contributed by atoms with Gasteiger partial charge < -0.3 is 19.7 Å². The predicted octanol–water partition coefficient (Wildman–Crippen LogP) is 2.94. The van der Waals surface area contributed by atoms with Crippen LogP contribution in [0.1, 0.15) is 12.5 Å². The summed E-state index contributed by atoms with van der Waals surface area (Å²) in [7, 11) is 0.447. The molecule has 0 spiro atoms. The lowest BCUT2D eigenvalue weighted by molar-refractivity contribution is -0.139. The van der Waals surface area contributed by atoms with E-state index in [1.807, 2.05) is 0 Å². The highest BCUT2D eigenvalue weighted by Gasteiger charge is 2.30. The zero-order valence-corrected chi connectivity index (χ0v) is 21.8. The van der Waals surface area contributed by atoms with Crippen LogP contribution in [0.15, 0.2) is 36.4 Å². The van der Waals surface area contributed by atoms with E-state index in [9.17, 15) is 18.0 Å². The Hall–Kier alpha value is -2.69. The van der Waals surface area contributed by atoms with E-state index in [-0.39, 0.29) is 12.2 Å². The first-order chi connectivity index (χ1) is 15.9. The van der Waals surface area contributed by atoms with Crippen molar-refractivity contribution in [2.24, 2.45) is 0 Å². The zero-order chi connectivity index (χ0) is 25.6. The van der Waals surface area contributed by atoms with Crippen molar-refractivity contribution in [2.75, 3.05) is 38.4 Å². The van der Waals surface area contributed by atoms with Gasteiger partial charge in [0.1, 0.15) is 12.6 Å². The Labute approximate surface area is 209 Å². The van der Waals surface area contributed by atoms with Crippen LogP contribution >= 0.6 is 23.2 Å². The number of hydrogen-bond donors (Lipinski definition) is 1. The van der Waals surface area contributed by atoms with Crippen LogP contribution in [0, 0.1) is 0 Å². The average Bonchev–Trinajstić information content (AvgIpc) is 2.80. The lowest BCUT2D eigenvalue weighted by Crippen LogP contribution is -2.50. The minimum absolute atomic E-state index is 0.00778. The van der Waals surface area contributed by atoms with Crippen LogP contribution in [-0.2, 0) is 26.2 Å². The number of sulfonamides is 1. The molecule has 2 aromatic rings. The van der Waals surface area contributed by atoms with E-state index in [1.54, 1.807) is 25.1 Å². The summed E-state index contributed by atoms with van der Waals surface area (Å²) < 4.78 is 36.6. The number of anilines is 1. The molecule has 34 heavy (non-hydrogen) atoms. The third kappa shape index (κ3) is 6.68. The summed E-state index contributed by atoms with van der Waals surface area (Å²) in [5.41, 5.74) is 0.825. The lowest BCUT2D eigenvalue weighted by atomic mass is 10.1. The number of hydrogen-bond acceptors (Lipinski definition) is 6. The third-order valence-corrected chi connectivity index (χ3v) is 6.96. The Kier molecular flexibility index (Phi) is 9.43. The molecule has 12 heteroatoms. The van der Waals surface area contributed by atoms with Gasteiger partial charge in [-0.3, -0.25) is 13.9 Å². The van der Waals surface area contributed by atoms with Crippen LogP contribution in [0.2, 0.25) is 10.0 Å². The molecule has 2 aromatic carbocycles. The van der Waals surface area contributed by atoms with Crippen LogP contribution in [0.4, 0.5) is 5.69 Å². The van der Waals surface area contributed by atoms with Gasteiger partial charge in [0.2, 0.25) is 21.8 Å². The summed E-state index contributed by atoms with van der Waals surface area (Å²) in [6, 6.07) is 8.45. The van der Waals surface area contributed by atoms with E-state index < -0.39 is 34.4 Å². The summed E-state index contributed by atoms with van der Waals surface area (Å²) >= 11 is 12.1. The molecule has 0 heterocycles. The van der Waals surface area contributed by atoms with Crippen LogP contribution < -0.4 is 19.1 Å². The molecule has 0 aliphatic heterocycles. The molecule has 0 aliphatic rings. The monoisotopic (exact) mass is 531 g/mol. The van der Waals surface area contributed by atoms with Gasteiger partial charge in [0.15, 0.2) is 11.5 Å². The fraction of sp³-hybridized carbons (Fsp3) is 0.364. The molecule has 186 valence electrons. The number of nitrogens with zero attached hydrogens (tertiary/aromatic N) is 2. The molecule has 0 unspecified atom stereocenters. The molecule has 0 bridgehead atoms. The summed E-state index contributed by atoms with van der Waals surface area (Å²) in [5.74, 6) is -0.305. The fourth-order valence-electron chi connectivity index (χ4n) is 3.22. The number of halogens is 2. The predicted molar refractivity (Wildman–Crippen MR) is 132 cm³/mol. The van der Waals surface area contributed by atoms with E-state index >= 15 is 0 Å². The number of methoxy groups -OCH3 is 2. The summed E-state index contributed by atoms with van der Waals surface area (Å²) in [4.78, 5) is 27.0. The van der Waals surface area contributed by atoms with Gasteiger partial charge in [-0.1, -0.05) is 29.3 Å². The highest BCUT2D eigenvalue weighted by atomic mass is 35.5. The zero-order valence-electron chi connectivity index (χ0n) is 19.5.